The Kier molecular flexibility index (Phi) is 5.95. The first-order valence-electron chi connectivity index (χ1n) is 8.93. The highest BCUT2D eigenvalue weighted by molar-refractivity contribution is 6.36. The van der Waals surface area contributed by atoms with Crippen LogP contribution in [0.15, 0.2) is 65.1 Å². The Morgan fingerprint density at radius 1 is 0.933 bits per heavy atom. The van der Waals surface area contributed by atoms with Crippen LogP contribution in [0.3, 0.4) is 0 Å². The van der Waals surface area contributed by atoms with Crippen molar-refractivity contribution in [2.75, 3.05) is 0 Å². The second-order valence-corrected chi connectivity index (χ2v) is 7.91. The van der Waals surface area contributed by atoms with Crippen LogP contribution in [0.4, 0.5) is 4.39 Å². The van der Waals surface area contributed by atoms with Crippen molar-refractivity contribution in [2.45, 2.75) is 13.1 Å². The van der Waals surface area contributed by atoms with E-state index in [0.29, 0.717) is 32.6 Å². The van der Waals surface area contributed by atoms with Gasteiger partial charge in [-0.2, -0.15) is 0 Å². The smallest absolute Gasteiger partial charge is 0.256 e. The standard InChI is InChI=1S/C22H14Cl3FN2O2/c23-14-3-7-17(18(25)9-14)22(29)28(11-13-1-5-16(26)6-2-13)12-21-27-19-10-15(24)4-8-20(19)30-21/h1-10H,11-12H2. The summed E-state index contributed by atoms with van der Waals surface area (Å²) in [6, 6.07) is 15.7. The highest BCUT2D eigenvalue weighted by Gasteiger charge is 2.22. The molecule has 0 radical (unpaired) electrons. The first kappa shape index (κ1) is 20.7. The Balaban J connectivity index is 1.68. The predicted molar refractivity (Wildman–Crippen MR) is 115 cm³/mol. The number of carbonyl (C=O) groups is 1. The zero-order valence-corrected chi connectivity index (χ0v) is 17.7. The van der Waals surface area contributed by atoms with E-state index in [1.807, 2.05) is 0 Å². The lowest BCUT2D eigenvalue weighted by Gasteiger charge is -2.22. The zero-order chi connectivity index (χ0) is 21.3. The fraction of sp³-hybridized carbons (Fsp3) is 0.0909. The van der Waals surface area contributed by atoms with Crippen molar-refractivity contribution in [3.63, 3.8) is 0 Å². The minimum absolute atomic E-state index is 0.0848. The minimum Gasteiger partial charge on any atom is -0.439 e. The Hall–Kier alpha value is -2.60. The number of amides is 1. The van der Waals surface area contributed by atoms with Gasteiger partial charge < -0.3 is 9.32 Å². The number of benzene rings is 3. The number of fused-ring (bicyclic) bond motifs is 1. The summed E-state index contributed by atoms with van der Waals surface area (Å²) in [4.78, 5) is 19.2. The number of rotatable bonds is 5. The summed E-state index contributed by atoms with van der Waals surface area (Å²) in [6.45, 7) is 0.291. The van der Waals surface area contributed by atoms with Gasteiger partial charge in [-0.25, -0.2) is 9.37 Å². The van der Waals surface area contributed by atoms with Crippen LogP contribution >= 0.6 is 34.8 Å². The van der Waals surface area contributed by atoms with E-state index in [9.17, 15) is 9.18 Å². The summed E-state index contributed by atoms with van der Waals surface area (Å²) >= 11 is 18.2. The van der Waals surface area contributed by atoms with E-state index in [1.165, 1.54) is 23.1 Å². The molecule has 0 atom stereocenters. The molecule has 1 heterocycles. The quantitative estimate of drug-likeness (QED) is 0.328. The molecule has 1 aromatic heterocycles. The summed E-state index contributed by atoms with van der Waals surface area (Å²) in [5.74, 6) is -0.345. The first-order chi connectivity index (χ1) is 14.4. The largest absolute Gasteiger partial charge is 0.439 e. The predicted octanol–water partition coefficient (Wildman–Crippen LogP) is 6.77. The van der Waals surface area contributed by atoms with Gasteiger partial charge >= 0.3 is 0 Å². The molecule has 3 aromatic carbocycles. The molecule has 1 amide bonds. The topological polar surface area (TPSA) is 46.3 Å². The lowest BCUT2D eigenvalue weighted by Crippen LogP contribution is -2.30. The van der Waals surface area contributed by atoms with Gasteiger partial charge in [-0.1, -0.05) is 46.9 Å². The third kappa shape index (κ3) is 4.59. The van der Waals surface area contributed by atoms with Gasteiger partial charge in [-0.15, -0.1) is 0 Å². The van der Waals surface area contributed by atoms with Crippen molar-refractivity contribution < 1.29 is 13.6 Å². The lowest BCUT2D eigenvalue weighted by molar-refractivity contribution is 0.0715. The maximum absolute atomic E-state index is 13.3. The number of hydrogen-bond acceptors (Lipinski definition) is 3. The van der Waals surface area contributed by atoms with Crippen LogP contribution in [-0.2, 0) is 13.1 Å². The van der Waals surface area contributed by atoms with Crippen molar-refractivity contribution >= 4 is 51.8 Å². The Labute approximate surface area is 186 Å². The molecule has 4 nitrogen and oxygen atoms in total. The third-order valence-corrected chi connectivity index (χ3v) is 5.24. The Morgan fingerprint density at radius 2 is 1.63 bits per heavy atom. The molecule has 0 bridgehead atoms. The molecule has 0 N–H and O–H groups in total. The molecule has 0 aliphatic rings. The fourth-order valence-corrected chi connectivity index (χ4v) is 3.68. The summed E-state index contributed by atoms with van der Waals surface area (Å²) in [6.07, 6.45) is 0. The summed E-state index contributed by atoms with van der Waals surface area (Å²) in [5, 5.41) is 1.20. The molecule has 0 saturated heterocycles. The van der Waals surface area contributed by atoms with Gasteiger partial charge in [0.15, 0.2) is 5.58 Å². The molecule has 4 rings (SSSR count). The van der Waals surface area contributed by atoms with Crippen LogP contribution < -0.4 is 0 Å². The molecule has 0 unspecified atom stereocenters. The molecular formula is C22H14Cl3FN2O2. The van der Waals surface area contributed by atoms with Crippen molar-refractivity contribution in [3.05, 3.63) is 98.6 Å². The van der Waals surface area contributed by atoms with E-state index in [4.69, 9.17) is 39.2 Å². The average molecular weight is 464 g/mol. The number of hydrogen-bond donors (Lipinski definition) is 0. The number of carbonyl (C=O) groups excluding carboxylic acids is 1. The second-order valence-electron chi connectivity index (χ2n) is 6.63. The minimum atomic E-state index is -0.354. The summed E-state index contributed by atoms with van der Waals surface area (Å²) in [7, 11) is 0. The molecule has 0 aliphatic heterocycles. The molecule has 0 spiro atoms. The number of halogens is 4. The van der Waals surface area contributed by atoms with Gasteiger partial charge in [0, 0.05) is 16.6 Å². The van der Waals surface area contributed by atoms with Crippen molar-refractivity contribution in [1.29, 1.82) is 0 Å². The molecule has 4 aromatic rings. The van der Waals surface area contributed by atoms with Crippen LogP contribution in [0, 0.1) is 5.82 Å². The van der Waals surface area contributed by atoms with Gasteiger partial charge in [-0.05, 0) is 54.1 Å². The van der Waals surface area contributed by atoms with Gasteiger partial charge in [0.2, 0.25) is 5.89 Å². The maximum atomic E-state index is 13.3. The normalized spacial score (nSPS) is 11.1. The SMILES string of the molecule is O=C(c1ccc(Cl)cc1Cl)N(Cc1ccc(F)cc1)Cc1nc2cc(Cl)ccc2o1. The molecule has 152 valence electrons. The van der Waals surface area contributed by atoms with Gasteiger partial charge in [0.25, 0.3) is 5.91 Å². The van der Waals surface area contributed by atoms with E-state index in [1.54, 1.807) is 42.5 Å². The lowest BCUT2D eigenvalue weighted by atomic mass is 10.1. The fourth-order valence-electron chi connectivity index (χ4n) is 3.02. The van der Waals surface area contributed by atoms with E-state index in [2.05, 4.69) is 4.98 Å². The molecule has 30 heavy (non-hydrogen) atoms. The van der Waals surface area contributed by atoms with Crippen molar-refractivity contribution in [2.24, 2.45) is 0 Å². The van der Waals surface area contributed by atoms with Crippen molar-refractivity contribution in [3.8, 4) is 0 Å². The molecular weight excluding hydrogens is 450 g/mol. The maximum Gasteiger partial charge on any atom is 0.256 e. The van der Waals surface area contributed by atoms with E-state index in [0.717, 1.165) is 5.56 Å². The van der Waals surface area contributed by atoms with E-state index in [-0.39, 0.29) is 29.8 Å². The number of nitrogens with zero attached hydrogens (tertiary/aromatic N) is 2. The summed E-state index contributed by atoms with van der Waals surface area (Å²) in [5.41, 5.74) is 2.20. The molecule has 0 saturated carbocycles. The van der Waals surface area contributed by atoms with Crippen LogP contribution in [0.5, 0.6) is 0 Å². The van der Waals surface area contributed by atoms with E-state index >= 15 is 0 Å². The molecule has 8 heteroatoms. The average Bonchev–Trinajstić information content (AvgIpc) is 3.10. The van der Waals surface area contributed by atoms with Crippen molar-refractivity contribution in [1.82, 2.24) is 9.88 Å². The molecule has 0 aliphatic carbocycles. The van der Waals surface area contributed by atoms with Crippen LogP contribution in [0.25, 0.3) is 11.1 Å². The summed E-state index contributed by atoms with van der Waals surface area (Å²) < 4.78 is 19.1. The van der Waals surface area contributed by atoms with Crippen LogP contribution in [-0.4, -0.2) is 15.8 Å². The molecule has 0 fully saturated rings. The van der Waals surface area contributed by atoms with Crippen LogP contribution in [0.1, 0.15) is 21.8 Å². The Morgan fingerprint density at radius 3 is 2.37 bits per heavy atom. The zero-order valence-electron chi connectivity index (χ0n) is 15.4. The van der Waals surface area contributed by atoms with Gasteiger partial charge in [0.1, 0.15) is 11.3 Å². The number of oxazole rings is 1. The van der Waals surface area contributed by atoms with Gasteiger partial charge in [-0.3, -0.25) is 4.79 Å². The second kappa shape index (κ2) is 8.64. The van der Waals surface area contributed by atoms with Crippen LogP contribution in [0.2, 0.25) is 15.1 Å². The number of aromatic nitrogens is 1. The van der Waals surface area contributed by atoms with E-state index < -0.39 is 0 Å². The third-order valence-electron chi connectivity index (χ3n) is 4.46. The highest BCUT2D eigenvalue weighted by Crippen LogP contribution is 2.25. The van der Waals surface area contributed by atoms with Gasteiger partial charge in [0.05, 0.1) is 17.1 Å². The Bertz CT molecular complexity index is 1230. The highest BCUT2D eigenvalue weighted by atomic mass is 35.5. The first-order valence-corrected chi connectivity index (χ1v) is 10.1. The monoisotopic (exact) mass is 462 g/mol.